The molecule has 0 aliphatic rings. The summed E-state index contributed by atoms with van der Waals surface area (Å²) in [6, 6.07) is 0. The Bertz CT molecular complexity index is 386. The van der Waals surface area contributed by atoms with Crippen LogP contribution in [-0.2, 0) is 6.54 Å². The maximum Gasteiger partial charge on any atom is 0.185 e. The number of carbonyl (C=O) groups excluding carboxylic acids is 1. The molecule has 1 aromatic rings. The fourth-order valence-corrected chi connectivity index (χ4v) is 1.10. The molecule has 0 bridgehead atoms. The molecule has 0 saturated carbocycles. The summed E-state index contributed by atoms with van der Waals surface area (Å²) in [6.07, 6.45) is 2.58. The van der Waals surface area contributed by atoms with E-state index >= 15 is 0 Å². The number of carbonyl (C=O) groups is 1. The molecule has 5 nitrogen and oxygen atoms in total. The summed E-state index contributed by atoms with van der Waals surface area (Å²) in [5, 5.41) is 7.56. The molecule has 0 aliphatic heterocycles. The Hall–Kier alpha value is -1.67. The molecule has 0 spiro atoms. The van der Waals surface area contributed by atoms with Gasteiger partial charge in [0.05, 0.1) is 12.7 Å². The first-order valence-electron chi connectivity index (χ1n) is 4.81. The van der Waals surface area contributed by atoms with Crippen molar-refractivity contribution in [2.75, 3.05) is 6.54 Å². The van der Waals surface area contributed by atoms with E-state index in [0.717, 1.165) is 0 Å². The lowest BCUT2D eigenvalue weighted by Gasteiger charge is -1.93. The predicted molar refractivity (Wildman–Crippen MR) is 56.1 cm³/mol. The van der Waals surface area contributed by atoms with Gasteiger partial charge < -0.3 is 5.73 Å². The SMILES string of the molecule is CC#CCCC(=O)c1cn(CCN)nn1. The summed E-state index contributed by atoms with van der Waals surface area (Å²) in [5.74, 6) is 5.55. The van der Waals surface area contributed by atoms with Gasteiger partial charge in [-0.1, -0.05) is 5.21 Å². The van der Waals surface area contributed by atoms with Crippen LogP contribution < -0.4 is 5.73 Å². The second-order valence-corrected chi connectivity index (χ2v) is 3.01. The van der Waals surface area contributed by atoms with Gasteiger partial charge in [-0.15, -0.1) is 16.9 Å². The summed E-state index contributed by atoms with van der Waals surface area (Å²) in [7, 11) is 0. The van der Waals surface area contributed by atoms with Gasteiger partial charge in [-0.05, 0) is 6.92 Å². The summed E-state index contributed by atoms with van der Waals surface area (Å²) in [4.78, 5) is 11.5. The summed E-state index contributed by atoms with van der Waals surface area (Å²) in [6.45, 7) is 2.81. The van der Waals surface area contributed by atoms with Gasteiger partial charge in [0, 0.05) is 19.4 Å². The highest BCUT2D eigenvalue weighted by Crippen LogP contribution is 2.00. The van der Waals surface area contributed by atoms with E-state index in [2.05, 4.69) is 22.2 Å². The molecule has 0 atom stereocenters. The average Bonchev–Trinajstić information content (AvgIpc) is 2.67. The minimum atomic E-state index is -0.0268. The van der Waals surface area contributed by atoms with Gasteiger partial charge in [0.25, 0.3) is 0 Å². The van der Waals surface area contributed by atoms with E-state index in [4.69, 9.17) is 5.73 Å². The first-order valence-corrected chi connectivity index (χ1v) is 4.81. The molecule has 0 fully saturated rings. The molecule has 0 aliphatic carbocycles. The molecular formula is C10H14N4O. The predicted octanol–water partition coefficient (Wildman–Crippen LogP) is 0.223. The van der Waals surface area contributed by atoms with Crippen molar-refractivity contribution < 1.29 is 4.79 Å². The number of rotatable bonds is 5. The summed E-state index contributed by atoms with van der Waals surface area (Å²) < 4.78 is 1.57. The third kappa shape index (κ3) is 3.52. The maximum atomic E-state index is 11.5. The highest BCUT2D eigenvalue weighted by molar-refractivity contribution is 5.93. The van der Waals surface area contributed by atoms with Crippen molar-refractivity contribution in [1.82, 2.24) is 15.0 Å². The van der Waals surface area contributed by atoms with Gasteiger partial charge in [0.1, 0.15) is 5.69 Å². The number of aromatic nitrogens is 3. The van der Waals surface area contributed by atoms with Crippen LogP contribution in [0.15, 0.2) is 6.20 Å². The van der Waals surface area contributed by atoms with Crippen LogP contribution in [0.1, 0.15) is 30.3 Å². The van der Waals surface area contributed by atoms with Crippen LogP contribution >= 0.6 is 0 Å². The normalized spacial score (nSPS) is 9.47. The third-order valence-corrected chi connectivity index (χ3v) is 1.84. The lowest BCUT2D eigenvalue weighted by atomic mass is 10.2. The molecule has 1 rings (SSSR count). The molecule has 80 valence electrons. The van der Waals surface area contributed by atoms with Gasteiger partial charge in [0.2, 0.25) is 0 Å². The molecule has 0 aromatic carbocycles. The molecule has 1 aromatic heterocycles. The van der Waals surface area contributed by atoms with E-state index in [1.54, 1.807) is 17.8 Å². The minimum Gasteiger partial charge on any atom is -0.329 e. The zero-order valence-corrected chi connectivity index (χ0v) is 8.73. The quantitative estimate of drug-likeness (QED) is 0.552. The number of hydrogen-bond acceptors (Lipinski definition) is 4. The van der Waals surface area contributed by atoms with E-state index in [9.17, 15) is 4.79 Å². The Labute approximate surface area is 88.6 Å². The van der Waals surface area contributed by atoms with Crippen molar-refractivity contribution in [3.05, 3.63) is 11.9 Å². The Morgan fingerprint density at radius 2 is 2.47 bits per heavy atom. The zero-order valence-electron chi connectivity index (χ0n) is 8.73. The van der Waals surface area contributed by atoms with Crippen LogP contribution in [-0.4, -0.2) is 27.3 Å². The Kier molecular flexibility index (Phi) is 4.51. The van der Waals surface area contributed by atoms with Crippen molar-refractivity contribution in [2.24, 2.45) is 5.73 Å². The number of hydrogen-bond donors (Lipinski definition) is 1. The second-order valence-electron chi connectivity index (χ2n) is 3.01. The Balaban J connectivity index is 2.52. The van der Waals surface area contributed by atoms with Gasteiger partial charge in [0.15, 0.2) is 5.78 Å². The van der Waals surface area contributed by atoms with Crippen LogP contribution in [0.4, 0.5) is 0 Å². The Morgan fingerprint density at radius 3 is 3.13 bits per heavy atom. The molecule has 0 unspecified atom stereocenters. The van der Waals surface area contributed by atoms with Crippen molar-refractivity contribution in [3.8, 4) is 11.8 Å². The van der Waals surface area contributed by atoms with Crippen molar-refractivity contribution in [2.45, 2.75) is 26.3 Å². The maximum absolute atomic E-state index is 11.5. The van der Waals surface area contributed by atoms with E-state index in [1.165, 1.54) is 0 Å². The fraction of sp³-hybridized carbons (Fsp3) is 0.500. The van der Waals surface area contributed by atoms with Gasteiger partial charge in [-0.3, -0.25) is 9.48 Å². The van der Waals surface area contributed by atoms with Crippen molar-refractivity contribution in [1.29, 1.82) is 0 Å². The van der Waals surface area contributed by atoms with Crippen LogP contribution in [0.5, 0.6) is 0 Å². The zero-order chi connectivity index (χ0) is 11.1. The molecule has 15 heavy (non-hydrogen) atoms. The van der Waals surface area contributed by atoms with E-state index in [1.807, 2.05) is 0 Å². The van der Waals surface area contributed by atoms with E-state index in [0.29, 0.717) is 31.6 Å². The van der Waals surface area contributed by atoms with E-state index < -0.39 is 0 Å². The molecule has 1 heterocycles. The number of Topliss-reactive ketones (excluding diaryl/α,β-unsaturated/α-hetero) is 1. The number of nitrogens with zero attached hydrogens (tertiary/aromatic N) is 3. The first kappa shape index (κ1) is 11.4. The average molecular weight is 206 g/mol. The van der Waals surface area contributed by atoms with Crippen molar-refractivity contribution in [3.63, 3.8) is 0 Å². The molecule has 2 N–H and O–H groups in total. The topological polar surface area (TPSA) is 73.8 Å². The first-order chi connectivity index (χ1) is 7.27. The lowest BCUT2D eigenvalue weighted by Crippen LogP contribution is -2.10. The molecule has 5 heteroatoms. The molecule has 0 radical (unpaired) electrons. The lowest BCUT2D eigenvalue weighted by molar-refractivity contribution is 0.0979. The van der Waals surface area contributed by atoms with Crippen LogP contribution in [0.3, 0.4) is 0 Å². The van der Waals surface area contributed by atoms with Crippen LogP contribution in [0.25, 0.3) is 0 Å². The van der Waals surface area contributed by atoms with Crippen LogP contribution in [0.2, 0.25) is 0 Å². The van der Waals surface area contributed by atoms with Gasteiger partial charge in [-0.25, -0.2) is 0 Å². The third-order valence-electron chi connectivity index (χ3n) is 1.84. The smallest absolute Gasteiger partial charge is 0.185 e. The highest BCUT2D eigenvalue weighted by atomic mass is 16.1. The second kappa shape index (κ2) is 5.94. The van der Waals surface area contributed by atoms with Crippen LogP contribution in [0, 0.1) is 11.8 Å². The standard InChI is InChI=1S/C10H14N4O/c1-2-3-4-5-10(15)9-8-14(7-6-11)13-12-9/h8H,4-7,11H2,1H3. The number of nitrogens with two attached hydrogens (primary N) is 1. The fourth-order valence-electron chi connectivity index (χ4n) is 1.10. The largest absolute Gasteiger partial charge is 0.329 e. The molecular weight excluding hydrogens is 192 g/mol. The van der Waals surface area contributed by atoms with E-state index in [-0.39, 0.29) is 5.78 Å². The van der Waals surface area contributed by atoms with Gasteiger partial charge >= 0.3 is 0 Å². The highest BCUT2D eigenvalue weighted by Gasteiger charge is 2.09. The number of ketones is 1. The molecule has 0 saturated heterocycles. The molecule has 0 amide bonds. The van der Waals surface area contributed by atoms with Crippen molar-refractivity contribution >= 4 is 5.78 Å². The monoisotopic (exact) mass is 206 g/mol. The van der Waals surface area contributed by atoms with Gasteiger partial charge in [-0.2, -0.15) is 0 Å². The summed E-state index contributed by atoms with van der Waals surface area (Å²) >= 11 is 0. The minimum absolute atomic E-state index is 0.0268. The Morgan fingerprint density at radius 1 is 1.67 bits per heavy atom. The summed E-state index contributed by atoms with van der Waals surface area (Å²) in [5.41, 5.74) is 5.74.